The lowest BCUT2D eigenvalue weighted by Gasteiger charge is -2.19. The highest BCUT2D eigenvalue weighted by molar-refractivity contribution is 5.90. The van der Waals surface area contributed by atoms with Crippen LogP contribution in [0, 0.1) is 0 Å². The molecule has 2 aromatic rings. The van der Waals surface area contributed by atoms with Gasteiger partial charge in [0.1, 0.15) is 11.5 Å². The molecule has 26 heavy (non-hydrogen) atoms. The van der Waals surface area contributed by atoms with Crippen molar-refractivity contribution in [1.29, 1.82) is 0 Å². The molecule has 1 aliphatic rings. The van der Waals surface area contributed by atoms with Gasteiger partial charge in [-0.05, 0) is 57.1 Å². The number of aryl methyl sites for hydroxylation is 1. The average Bonchev–Trinajstić information content (AvgIpc) is 3.03. The zero-order chi connectivity index (χ0) is 18.4. The zero-order valence-corrected chi connectivity index (χ0v) is 15.2. The standard InChI is InChI=1S/C18H25N5O3/c1-3-25-14-4-6-15(7-5-14)26-12-16(24)20-18-21-17(22-23(18)2)13-8-10-19-11-9-13/h4-7,13,19H,3,8-12H2,1-2H3,(H,20,21,22,24). The van der Waals surface area contributed by atoms with Crippen LogP contribution in [0.1, 0.15) is 31.5 Å². The van der Waals surface area contributed by atoms with Crippen molar-refractivity contribution in [1.82, 2.24) is 20.1 Å². The summed E-state index contributed by atoms with van der Waals surface area (Å²) in [6, 6.07) is 7.17. The predicted octanol–water partition coefficient (Wildman–Crippen LogP) is 1.70. The van der Waals surface area contributed by atoms with Crippen molar-refractivity contribution < 1.29 is 14.3 Å². The Morgan fingerprint density at radius 3 is 2.54 bits per heavy atom. The van der Waals surface area contributed by atoms with Gasteiger partial charge in [-0.1, -0.05) is 0 Å². The summed E-state index contributed by atoms with van der Waals surface area (Å²) in [4.78, 5) is 16.6. The first-order valence-electron chi connectivity index (χ1n) is 8.93. The Labute approximate surface area is 152 Å². The topological polar surface area (TPSA) is 90.3 Å². The van der Waals surface area contributed by atoms with Crippen molar-refractivity contribution >= 4 is 11.9 Å². The van der Waals surface area contributed by atoms with E-state index in [1.165, 1.54) is 0 Å². The number of benzene rings is 1. The minimum atomic E-state index is -0.272. The third-order valence-corrected chi connectivity index (χ3v) is 4.24. The molecule has 0 aliphatic carbocycles. The zero-order valence-electron chi connectivity index (χ0n) is 15.2. The van der Waals surface area contributed by atoms with Gasteiger partial charge in [0, 0.05) is 13.0 Å². The van der Waals surface area contributed by atoms with Crippen molar-refractivity contribution in [3.63, 3.8) is 0 Å². The highest BCUT2D eigenvalue weighted by Gasteiger charge is 2.21. The van der Waals surface area contributed by atoms with Gasteiger partial charge in [-0.3, -0.25) is 10.1 Å². The summed E-state index contributed by atoms with van der Waals surface area (Å²) in [6.45, 7) is 4.39. The molecule has 2 N–H and O–H groups in total. The van der Waals surface area contributed by atoms with Gasteiger partial charge in [0.2, 0.25) is 5.95 Å². The first-order chi connectivity index (χ1) is 12.7. The third kappa shape index (κ3) is 4.72. The number of carbonyl (C=O) groups is 1. The van der Waals surface area contributed by atoms with Gasteiger partial charge in [0.05, 0.1) is 6.61 Å². The fourth-order valence-corrected chi connectivity index (χ4v) is 2.87. The largest absolute Gasteiger partial charge is 0.494 e. The van der Waals surface area contributed by atoms with Crippen LogP contribution in [-0.2, 0) is 11.8 Å². The molecule has 1 aromatic heterocycles. The second-order valence-corrected chi connectivity index (χ2v) is 6.18. The van der Waals surface area contributed by atoms with E-state index < -0.39 is 0 Å². The maximum absolute atomic E-state index is 12.1. The minimum absolute atomic E-state index is 0.0937. The van der Waals surface area contributed by atoms with E-state index in [4.69, 9.17) is 9.47 Å². The van der Waals surface area contributed by atoms with E-state index in [-0.39, 0.29) is 12.5 Å². The molecule has 0 atom stereocenters. The Bertz CT molecular complexity index is 723. The second kappa shape index (κ2) is 8.66. The number of rotatable bonds is 7. The number of ether oxygens (including phenoxy) is 2. The lowest BCUT2D eigenvalue weighted by molar-refractivity contribution is -0.118. The smallest absolute Gasteiger partial charge is 0.264 e. The first-order valence-corrected chi connectivity index (χ1v) is 8.93. The molecule has 0 spiro atoms. The van der Waals surface area contributed by atoms with Crippen LogP contribution < -0.4 is 20.1 Å². The molecule has 3 rings (SSSR count). The quantitative estimate of drug-likeness (QED) is 0.782. The van der Waals surface area contributed by atoms with Crippen molar-refractivity contribution in [3.05, 3.63) is 30.1 Å². The Balaban J connectivity index is 1.52. The van der Waals surface area contributed by atoms with E-state index in [0.29, 0.717) is 24.2 Å². The van der Waals surface area contributed by atoms with Crippen LogP contribution in [0.3, 0.4) is 0 Å². The number of hydrogen-bond acceptors (Lipinski definition) is 6. The normalized spacial score (nSPS) is 14.8. The maximum atomic E-state index is 12.1. The number of amides is 1. The van der Waals surface area contributed by atoms with Gasteiger partial charge in [-0.2, -0.15) is 10.1 Å². The van der Waals surface area contributed by atoms with Crippen molar-refractivity contribution in [2.45, 2.75) is 25.7 Å². The maximum Gasteiger partial charge on any atom is 0.264 e. The molecule has 8 heteroatoms. The minimum Gasteiger partial charge on any atom is -0.494 e. The van der Waals surface area contributed by atoms with Gasteiger partial charge < -0.3 is 14.8 Å². The Morgan fingerprint density at radius 1 is 1.23 bits per heavy atom. The molecule has 2 heterocycles. The van der Waals surface area contributed by atoms with Crippen molar-refractivity contribution in [2.75, 3.05) is 31.6 Å². The SMILES string of the molecule is CCOc1ccc(OCC(=O)Nc2nc(C3CCNCC3)nn2C)cc1. The Hall–Kier alpha value is -2.61. The van der Waals surface area contributed by atoms with Crippen molar-refractivity contribution in [2.24, 2.45) is 7.05 Å². The van der Waals surface area contributed by atoms with E-state index >= 15 is 0 Å². The van der Waals surface area contributed by atoms with Gasteiger partial charge in [-0.15, -0.1) is 0 Å². The average molecular weight is 359 g/mol. The van der Waals surface area contributed by atoms with Crippen LogP contribution in [0.25, 0.3) is 0 Å². The summed E-state index contributed by atoms with van der Waals surface area (Å²) < 4.78 is 12.5. The van der Waals surface area contributed by atoms with Crippen LogP contribution >= 0.6 is 0 Å². The number of aromatic nitrogens is 3. The number of anilines is 1. The monoisotopic (exact) mass is 359 g/mol. The van der Waals surface area contributed by atoms with E-state index in [9.17, 15) is 4.79 Å². The molecule has 8 nitrogen and oxygen atoms in total. The van der Waals surface area contributed by atoms with E-state index in [2.05, 4.69) is 20.7 Å². The molecular formula is C18H25N5O3. The summed E-state index contributed by atoms with van der Waals surface area (Å²) in [6.07, 6.45) is 2.02. The second-order valence-electron chi connectivity index (χ2n) is 6.18. The summed E-state index contributed by atoms with van der Waals surface area (Å²) >= 11 is 0. The van der Waals surface area contributed by atoms with Gasteiger partial charge in [0.15, 0.2) is 12.4 Å². The molecule has 1 aromatic carbocycles. The molecule has 0 unspecified atom stereocenters. The first kappa shape index (κ1) is 18.2. The molecule has 140 valence electrons. The molecule has 1 saturated heterocycles. The highest BCUT2D eigenvalue weighted by atomic mass is 16.5. The van der Waals surface area contributed by atoms with Crippen LogP contribution in [-0.4, -0.2) is 47.0 Å². The fraction of sp³-hybridized carbons (Fsp3) is 0.500. The van der Waals surface area contributed by atoms with Gasteiger partial charge in [0.25, 0.3) is 5.91 Å². The number of nitrogens with one attached hydrogen (secondary N) is 2. The number of nitrogens with zero attached hydrogens (tertiary/aromatic N) is 3. The predicted molar refractivity (Wildman–Crippen MR) is 97.6 cm³/mol. The van der Waals surface area contributed by atoms with E-state index in [1.54, 1.807) is 23.9 Å². The van der Waals surface area contributed by atoms with Crippen LogP contribution in [0.15, 0.2) is 24.3 Å². The van der Waals surface area contributed by atoms with Crippen LogP contribution in [0.5, 0.6) is 11.5 Å². The molecular weight excluding hydrogens is 334 g/mol. The molecule has 1 fully saturated rings. The molecule has 0 radical (unpaired) electrons. The van der Waals surface area contributed by atoms with Gasteiger partial charge >= 0.3 is 0 Å². The number of hydrogen-bond donors (Lipinski definition) is 2. The summed E-state index contributed by atoms with van der Waals surface area (Å²) in [5.74, 6) is 2.68. The molecule has 1 aliphatic heterocycles. The summed E-state index contributed by atoms with van der Waals surface area (Å²) in [5.41, 5.74) is 0. The molecule has 1 amide bonds. The van der Waals surface area contributed by atoms with E-state index in [1.807, 2.05) is 19.1 Å². The molecule has 0 bridgehead atoms. The number of piperidine rings is 1. The van der Waals surface area contributed by atoms with Crippen LogP contribution in [0.4, 0.5) is 5.95 Å². The third-order valence-electron chi connectivity index (χ3n) is 4.24. The lowest BCUT2D eigenvalue weighted by atomic mass is 9.98. The van der Waals surface area contributed by atoms with Crippen LogP contribution in [0.2, 0.25) is 0 Å². The number of carbonyl (C=O) groups excluding carboxylic acids is 1. The Morgan fingerprint density at radius 2 is 1.88 bits per heavy atom. The van der Waals surface area contributed by atoms with Gasteiger partial charge in [-0.25, -0.2) is 4.68 Å². The molecule has 0 saturated carbocycles. The highest BCUT2D eigenvalue weighted by Crippen LogP contribution is 2.23. The Kier molecular flexibility index (Phi) is 6.06. The van der Waals surface area contributed by atoms with Crippen molar-refractivity contribution in [3.8, 4) is 11.5 Å². The summed E-state index contributed by atoms with van der Waals surface area (Å²) in [5, 5.41) is 10.5. The lowest BCUT2D eigenvalue weighted by Crippen LogP contribution is -2.27. The van der Waals surface area contributed by atoms with E-state index in [0.717, 1.165) is 37.5 Å². The summed E-state index contributed by atoms with van der Waals surface area (Å²) in [7, 11) is 1.78. The fourth-order valence-electron chi connectivity index (χ4n) is 2.87.